The van der Waals surface area contributed by atoms with E-state index < -0.39 is 5.97 Å². The minimum absolute atomic E-state index is 0.00340. The van der Waals surface area contributed by atoms with E-state index in [2.05, 4.69) is 27.7 Å². The molecule has 1 atom stereocenters. The molecule has 1 aromatic carbocycles. The van der Waals surface area contributed by atoms with Gasteiger partial charge in [-0.2, -0.15) is 0 Å². The maximum atomic E-state index is 10.8. The number of hydrogen-bond acceptors (Lipinski definition) is 4. The lowest BCUT2D eigenvalue weighted by Crippen LogP contribution is -2.21. The smallest absolute Gasteiger partial charge is 0.303 e. The molecule has 1 N–H and O–H groups in total. The molecular weight excluding hydrogens is 268 g/mol. The molecule has 0 amide bonds. The lowest BCUT2D eigenvalue weighted by molar-refractivity contribution is -0.138. The molecule has 1 unspecified atom stereocenters. The summed E-state index contributed by atoms with van der Waals surface area (Å²) < 4.78 is 1.77. The molecule has 21 heavy (non-hydrogen) atoms. The second-order valence-corrected chi connectivity index (χ2v) is 5.84. The molecular formula is C15H18N4O2. The predicted octanol–water partition coefficient (Wildman–Crippen LogP) is 1.86. The van der Waals surface area contributed by atoms with Crippen molar-refractivity contribution in [3.63, 3.8) is 0 Å². The van der Waals surface area contributed by atoms with Crippen LogP contribution in [0.1, 0.15) is 37.6 Å². The Hall–Kier alpha value is -2.24. The Morgan fingerprint density at radius 2 is 2.10 bits per heavy atom. The second kappa shape index (κ2) is 5.27. The molecule has 1 aromatic heterocycles. The van der Waals surface area contributed by atoms with Crippen LogP contribution in [0.15, 0.2) is 30.3 Å². The number of aromatic nitrogens is 4. The lowest BCUT2D eigenvalue weighted by Gasteiger charge is -2.17. The van der Waals surface area contributed by atoms with Crippen LogP contribution >= 0.6 is 0 Å². The van der Waals surface area contributed by atoms with E-state index >= 15 is 0 Å². The molecule has 0 radical (unpaired) electrons. The first-order valence-electron chi connectivity index (χ1n) is 7.16. The van der Waals surface area contributed by atoms with Gasteiger partial charge in [-0.15, -0.1) is 5.10 Å². The molecule has 0 bridgehead atoms. The van der Waals surface area contributed by atoms with Crippen molar-refractivity contribution in [1.29, 1.82) is 0 Å². The molecule has 1 aliphatic carbocycles. The van der Waals surface area contributed by atoms with E-state index in [1.54, 1.807) is 4.68 Å². The van der Waals surface area contributed by atoms with Crippen molar-refractivity contribution in [3.05, 3.63) is 41.7 Å². The summed E-state index contributed by atoms with van der Waals surface area (Å²) >= 11 is 0. The molecule has 1 heterocycles. The Kier molecular flexibility index (Phi) is 3.45. The Morgan fingerprint density at radius 3 is 2.71 bits per heavy atom. The van der Waals surface area contributed by atoms with E-state index in [-0.39, 0.29) is 17.8 Å². The third kappa shape index (κ3) is 2.66. The number of tetrazole rings is 1. The zero-order valence-electron chi connectivity index (χ0n) is 11.9. The minimum Gasteiger partial charge on any atom is -0.481 e. The van der Waals surface area contributed by atoms with Gasteiger partial charge in [0.05, 0.1) is 5.41 Å². The lowest BCUT2D eigenvalue weighted by atomic mass is 9.95. The molecule has 110 valence electrons. The van der Waals surface area contributed by atoms with Crippen LogP contribution in [-0.2, 0) is 16.8 Å². The van der Waals surface area contributed by atoms with E-state index in [0.717, 1.165) is 18.7 Å². The molecule has 2 aromatic rings. The number of carboxylic acids is 1. The summed E-state index contributed by atoms with van der Waals surface area (Å²) in [5.41, 5.74) is 1.14. The van der Waals surface area contributed by atoms with Crippen molar-refractivity contribution in [2.45, 2.75) is 38.1 Å². The number of carbonyl (C=O) groups is 1. The van der Waals surface area contributed by atoms with Gasteiger partial charge < -0.3 is 5.11 Å². The number of nitrogens with zero attached hydrogens (tertiary/aromatic N) is 4. The SMILES string of the molecule is CC(CC(=O)O)Cn1nnnc1C1(c2ccccc2)CC1. The molecule has 6 heteroatoms. The molecule has 0 spiro atoms. The van der Waals surface area contributed by atoms with Gasteiger partial charge in [0.2, 0.25) is 0 Å². The molecule has 6 nitrogen and oxygen atoms in total. The van der Waals surface area contributed by atoms with Crippen LogP contribution in [0.25, 0.3) is 0 Å². The summed E-state index contributed by atoms with van der Waals surface area (Å²) in [4.78, 5) is 10.8. The van der Waals surface area contributed by atoms with E-state index in [9.17, 15) is 4.79 Å². The zero-order valence-corrected chi connectivity index (χ0v) is 11.9. The maximum absolute atomic E-state index is 10.8. The summed E-state index contributed by atoms with van der Waals surface area (Å²) in [5.74, 6) is 0.0589. The zero-order chi connectivity index (χ0) is 14.9. The summed E-state index contributed by atoms with van der Waals surface area (Å²) in [7, 11) is 0. The van der Waals surface area contributed by atoms with Gasteiger partial charge in [-0.25, -0.2) is 4.68 Å². The van der Waals surface area contributed by atoms with Gasteiger partial charge in [-0.3, -0.25) is 4.79 Å². The Bertz CT molecular complexity index is 634. The fourth-order valence-electron chi connectivity index (χ4n) is 2.85. The highest BCUT2D eigenvalue weighted by Crippen LogP contribution is 2.52. The number of carboxylic acid groups (broad SMARTS) is 1. The van der Waals surface area contributed by atoms with Crippen molar-refractivity contribution >= 4 is 5.97 Å². The van der Waals surface area contributed by atoms with Crippen LogP contribution in [0.4, 0.5) is 0 Å². The molecule has 0 saturated heterocycles. The number of aliphatic carboxylic acids is 1. The van der Waals surface area contributed by atoms with E-state index in [4.69, 9.17) is 5.11 Å². The highest BCUT2D eigenvalue weighted by Gasteiger charge is 2.50. The standard InChI is InChI=1S/C15H18N4O2/c1-11(9-13(20)21)10-19-14(16-17-18-19)15(7-8-15)12-5-3-2-4-6-12/h2-6,11H,7-10H2,1H3,(H,20,21). The van der Waals surface area contributed by atoms with Crippen LogP contribution in [-0.4, -0.2) is 31.3 Å². The van der Waals surface area contributed by atoms with Crippen LogP contribution < -0.4 is 0 Å². The van der Waals surface area contributed by atoms with Crippen molar-refractivity contribution in [3.8, 4) is 0 Å². The third-order valence-electron chi connectivity index (χ3n) is 4.04. The summed E-state index contributed by atoms with van der Waals surface area (Å²) in [6.45, 7) is 2.44. The minimum atomic E-state index is -0.790. The van der Waals surface area contributed by atoms with Crippen molar-refractivity contribution < 1.29 is 9.90 Å². The average Bonchev–Trinajstić information content (AvgIpc) is 3.13. The molecule has 1 fully saturated rings. The monoisotopic (exact) mass is 286 g/mol. The highest BCUT2D eigenvalue weighted by molar-refractivity contribution is 5.66. The van der Waals surface area contributed by atoms with Crippen LogP contribution in [0.5, 0.6) is 0 Å². The van der Waals surface area contributed by atoms with Gasteiger partial charge in [-0.05, 0) is 34.7 Å². The molecule has 3 rings (SSSR count). The molecule has 1 saturated carbocycles. The third-order valence-corrected chi connectivity index (χ3v) is 4.04. The fraction of sp³-hybridized carbons (Fsp3) is 0.467. The molecule has 0 aliphatic heterocycles. The van der Waals surface area contributed by atoms with Crippen molar-refractivity contribution in [2.75, 3.05) is 0 Å². The largest absolute Gasteiger partial charge is 0.481 e. The number of hydrogen-bond donors (Lipinski definition) is 1. The van der Waals surface area contributed by atoms with Gasteiger partial charge in [0, 0.05) is 13.0 Å². The van der Waals surface area contributed by atoms with Crippen LogP contribution in [0.3, 0.4) is 0 Å². The summed E-state index contributed by atoms with van der Waals surface area (Å²) in [6.07, 6.45) is 2.19. The van der Waals surface area contributed by atoms with Crippen LogP contribution in [0, 0.1) is 5.92 Å². The first kappa shape index (κ1) is 13.7. The normalized spacial score (nSPS) is 17.4. The van der Waals surface area contributed by atoms with Crippen molar-refractivity contribution in [1.82, 2.24) is 20.2 Å². The van der Waals surface area contributed by atoms with Gasteiger partial charge >= 0.3 is 5.97 Å². The first-order valence-corrected chi connectivity index (χ1v) is 7.16. The number of benzene rings is 1. The second-order valence-electron chi connectivity index (χ2n) is 5.84. The van der Waals surface area contributed by atoms with Gasteiger partial charge in [0.1, 0.15) is 0 Å². The summed E-state index contributed by atoms with van der Waals surface area (Å²) in [6, 6.07) is 10.3. The number of rotatable bonds is 6. The maximum Gasteiger partial charge on any atom is 0.303 e. The summed E-state index contributed by atoms with van der Waals surface area (Å²) in [5, 5.41) is 20.9. The average molecular weight is 286 g/mol. The van der Waals surface area contributed by atoms with E-state index in [0.29, 0.717) is 6.54 Å². The molecule has 1 aliphatic rings. The van der Waals surface area contributed by atoms with E-state index in [1.807, 2.05) is 25.1 Å². The fourth-order valence-corrected chi connectivity index (χ4v) is 2.85. The highest BCUT2D eigenvalue weighted by atomic mass is 16.4. The topological polar surface area (TPSA) is 80.9 Å². The Labute approximate surface area is 122 Å². The van der Waals surface area contributed by atoms with Crippen LogP contribution in [0.2, 0.25) is 0 Å². The Morgan fingerprint density at radius 1 is 1.38 bits per heavy atom. The van der Waals surface area contributed by atoms with E-state index in [1.165, 1.54) is 5.56 Å². The Balaban J connectivity index is 1.84. The van der Waals surface area contributed by atoms with Gasteiger partial charge in [0.15, 0.2) is 5.82 Å². The van der Waals surface area contributed by atoms with Crippen molar-refractivity contribution in [2.24, 2.45) is 5.92 Å². The van der Waals surface area contributed by atoms with Gasteiger partial charge in [0.25, 0.3) is 0 Å². The first-order chi connectivity index (χ1) is 10.1. The van der Waals surface area contributed by atoms with Gasteiger partial charge in [-0.1, -0.05) is 37.3 Å². The predicted molar refractivity (Wildman–Crippen MR) is 75.7 cm³/mol. The quantitative estimate of drug-likeness (QED) is 0.876.